The molecule has 2 amide bonds. The summed E-state index contributed by atoms with van der Waals surface area (Å²) in [6.45, 7) is 0. The van der Waals surface area contributed by atoms with Gasteiger partial charge in [-0.15, -0.1) is 0 Å². The van der Waals surface area contributed by atoms with Crippen LogP contribution in [0.2, 0.25) is 0 Å². The van der Waals surface area contributed by atoms with Crippen LogP contribution in [0.5, 0.6) is 0 Å². The molecule has 0 saturated carbocycles. The first kappa shape index (κ1) is 17.1. The Balaban J connectivity index is 1.85. The summed E-state index contributed by atoms with van der Waals surface area (Å²) in [7, 11) is 3.52. The Morgan fingerprint density at radius 3 is 2.65 bits per heavy atom. The zero-order valence-corrected chi connectivity index (χ0v) is 16.4. The predicted octanol–water partition coefficient (Wildman–Crippen LogP) is 3.85. The number of fused-ring (bicyclic) bond motifs is 2. The third kappa shape index (κ3) is 2.78. The topological polar surface area (TPSA) is 65.2 Å². The molecule has 2 aliphatic rings. The van der Waals surface area contributed by atoms with Gasteiger partial charge in [-0.25, -0.2) is 0 Å². The standard InChI is InChI=1S/C20H20BrN3O2/c1-24(2)20(26)18-13-6-4-3-5-12(13)17(22-18)10-15-14-9-11(21)7-8-16(14)23-19(15)25/h7-10,22H,3-6H2,1-2H3,(H,23,25)/b15-10-. The van der Waals surface area contributed by atoms with Gasteiger partial charge in [0.05, 0.1) is 5.57 Å². The summed E-state index contributed by atoms with van der Waals surface area (Å²) in [6.07, 6.45) is 5.91. The summed E-state index contributed by atoms with van der Waals surface area (Å²) in [5.41, 5.74) is 6.13. The SMILES string of the molecule is CN(C)C(=O)c1[nH]c(/C=C2\C(=O)Nc3ccc(Br)cc32)c2c1CCCC2. The monoisotopic (exact) mass is 413 g/mol. The molecule has 5 nitrogen and oxygen atoms in total. The number of H-pyrrole nitrogens is 1. The number of carbonyl (C=O) groups excluding carboxylic acids is 2. The lowest BCUT2D eigenvalue weighted by Gasteiger charge is -2.15. The highest BCUT2D eigenvalue weighted by molar-refractivity contribution is 9.10. The van der Waals surface area contributed by atoms with E-state index in [1.54, 1.807) is 19.0 Å². The lowest BCUT2D eigenvalue weighted by atomic mass is 9.91. The second kappa shape index (κ2) is 6.43. The highest BCUT2D eigenvalue weighted by Gasteiger charge is 2.28. The summed E-state index contributed by atoms with van der Waals surface area (Å²) >= 11 is 3.47. The molecule has 2 aromatic rings. The Morgan fingerprint density at radius 2 is 1.92 bits per heavy atom. The van der Waals surface area contributed by atoms with Crippen LogP contribution in [0.25, 0.3) is 11.6 Å². The van der Waals surface area contributed by atoms with Gasteiger partial charge in [0.15, 0.2) is 0 Å². The molecule has 1 aromatic heterocycles. The predicted molar refractivity (Wildman–Crippen MR) is 106 cm³/mol. The number of nitrogens with one attached hydrogen (secondary N) is 2. The van der Waals surface area contributed by atoms with E-state index in [0.717, 1.165) is 52.7 Å². The molecule has 2 heterocycles. The largest absolute Gasteiger partial charge is 0.351 e. The minimum atomic E-state index is -0.113. The fourth-order valence-electron chi connectivity index (χ4n) is 3.74. The van der Waals surface area contributed by atoms with Gasteiger partial charge < -0.3 is 15.2 Å². The number of hydrogen-bond acceptors (Lipinski definition) is 2. The maximum Gasteiger partial charge on any atom is 0.270 e. The molecule has 0 atom stereocenters. The number of amides is 2. The average molecular weight is 414 g/mol. The first-order valence-electron chi connectivity index (χ1n) is 8.74. The number of rotatable bonds is 2. The molecule has 26 heavy (non-hydrogen) atoms. The molecule has 134 valence electrons. The van der Waals surface area contributed by atoms with E-state index in [-0.39, 0.29) is 11.8 Å². The van der Waals surface area contributed by atoms with Crippen LogP contribution in [0.1, 0.15) is 45.7 Å². The number of hydrogen-bond donors (Lipinski definition) is 2. The Kier molecular flexibility index (Phi) is 4.23. The number of nitrogens with zero attached hydrogens (tertiary/aromatic N) is 1. The van der Waals surface area contributed by atoms with Crippen molar-refractivity contribution >= 4 is 45.1 Å². The average Bonchev–Trinajstić information content (AvgIpc) is 3.13. The highest BCUT2D eigenvalue weighted by atomic mass is 79.9. The first-order valence-corrected chi connectivity index (χ1v) is 9.53. The van der Waals surface area contributed by atoms with E-state index < -0.39 is 0 Å². The van der Waals surface area contributed by atoms with Crippen molar-refractivity contribution in [1.29, 1.82) is 0 Å². The van der Waals surface area contributed by atoms with Gasteiger partial charge in [-0.05, 0) is 61.1 Å². The van der Waals surface area contributed by atoms with Crippen molar-refractivity contribution in [2.75, 3.05) is 19.4 Å². The molecule has 1 aliphatic heterocycles. The first-order chi connectivity index (χ1) is 12.5. The Hall–Kier alpha value is -2.34. The molecule has 4 rings (SSSR count). The molecule has 1 aromatic carbocycles. The zero-order valence-electron chi connectivity index (χ0n) is 14.8. The lowest BCUT2D eigenvalue weighted by Crippen LogP contribution is -2.23. The molecule has 1 aliphatic carbocycles. The smallest absolute Gasteiger partial charge is 0.270 e. The molecular formula is C20H20BrN3O2. The van der Waals surface area contributed by atoms with Crippen molar-refractivity contribution in [3.05, 3.63) is 50.8 Å². The Bertz CT molecular complexity index is 956. The summed E-state index contributed by atoms with van der Waals surface area (Å²) in [5.74, 6) is -0.135. The highest BCUT2D eigenvalue weighted by Crippen LogP contribution is 2.37. The molecule has 6 heteroatoms. The van der Waals surface area contributed by atoms with Crippen molar-refractivity contribution in [3.63, 3.8) is 0 Å². The van der Waals surface area contributed by atoms with Crippen LogP contribution >= 0.6 is 15.9 Å². The summed E-state index contributed by atoms with van der Waals surface area (Å²) in [6, 6.07) is 5.75. The molecular weight excluding hydrogens is 394 g/mol. The van der Waals surface area contributed by atoms with Crippen LogP contribution in [-0.2, 0) is 17.6 Å². The summed E-state index contributed by atoms with van der Waals surface area (Å²) in [5, 5.41) is 2.91. The molecule has 0 bridgehead atoms. The van der Waals surface area contributed by atoms with Gasteiger partial charge in [-0.3, -0.25) is 9.59 Å². The van der Waals surface area contributed by atoms with Crippen LogP contribution in [0.4, 0.5) is 5.69 Å². The van der Waals surface area contributed by atoms with Gasteiger partial charge in [0.2, 0.25) is 0 Å². The summed E-state index contributed by atoms with van der Waals surface area (Å²) in [4.78, 5) is 29.9. The fraction of sp³-hybridized carbons (Fsp3) is 0.300. The zero-order chi connectivity index (χ0) is 18.4. The molecule has 0 spiro atoms. The lowest BCUT2D eigenvalue weighted by molar-refractivity contribution is -0.110. The molecule has 0 radical (unpaired) electrons. The fourth-order valence-corrected chi connectivity index (χ4v) is 4.10. The Morgan fingerprint density at radius 1 is 1.19 bits per heavy atom. The van der Waals surface area contributed by atoms with Crippen LogP contribution < -0.4 is 5.32 Å². The van der Waals surface area contributed by atoms with Crippen molar-refractivity contribution in [2.45, 2.75) is 25.7 Å². The van der Waals surface area contributed by atoms with Gasteiger partial charge in [-0.2, -0.15) is 0 Å². The van der Waals surface area contributed by atoms with E-state index in [1.807, 2.05) is 24.3 Å². The van der Waals surface area contributed by atoms with E-state index in [0.29, 0.717) is 11.3 Å². The normalized spacial score (nSPS) is 17.0. The van der Waals surface area contributed by atoms with Gasteiger partial charge in [0, 0.05) is 35.5 Å². The van der Waals surface area contributed by atoms with Crippen molar-refractivity contribution in [2.24, 2.45) is 0 Å². The number of halogens is 1. The third-order valence-corrected chi connectivity index (χ3v) is 5.52. The van der Waals surface area contributed by atoms with E-state index in [1.165, 1.54) is 5.56 Å². The molecule has 2 N–H and O–H groups in total. The van der Waals surface area contributed by atoms with Crippen LogP contribution in [0, 0.1) is 0 Å². The molecule has 0 fully saturated rings. The van der Waals surface area contributed by atoms with E-state index in [4.69, 9.17) is 0 Å². The maximum absolute atomic E-state index is 12.6. The van der Waals surface area contributed by atoms with Crippen LogP contribution in [-0.4, -0.2) is 35.8 Å². The van der Waals surface area contributed by atoms with Gasteiger partial charge in [0.1, 0.15) is 5.69 Å². The maximum atomic E-state index is 12.6. The molecule has 0 saturated heterocycles. The third-order valence-electron chi connectivity index (χ3n) is 5.03. The summed E-state index contributed by atoms with van der Waals surface area (Å²) < 4.78 is 0.927. The molecule has 0 unspecified atom stereocenters. The van der Waals surface area contributed by atoms with Crippen molar-refractivity contribution < 1.29 is 9.59 Å². The van der Waals surface area contributed by atoms with Gasteiger partial charge in [-0.1, -0.05) is 15.9 Å². The minimum absolute atomic E-state index is 0.0215. The van der Waals surface area contributed by atoms with Gasteiger partial charge in [0.25, 0.3) is 11.8 Å². The number of anilines is 1. The second-order valence-corrected chi connectivity index (χ2v) is 7.90. The van der Waals surface area contributed by atoms with E-state index >= 15 is 0 Å². The Labute approximate surface area is 160 Å². The van der Waals surface area contributed by atoms with E-state index in [2.05, 4.69) is 26.2 Å². The van der Waals surface area contributed by atoms with Crippen molar-refractivity contribution in [3.8, 4) is 0 Å². The van der Waals surface area contributed by atoms with Crippen molar-refractivity contribution in [1.82, 2.24) is 9.88 Å². The minimum Gasteiger partial charge on any atom is -0.351 e. The second-order valence-electron chi connectivity index (χ2n) is 6.98. The quantitative estimate of drug-likeness (QED) is 0.734. The van der Waals surface area contributed by atoms with E-state index in [9.17, 15) is 9.59 Å². The number of aromatic nitrogens is 1. The number of aromatic amines is 1. The van der Waals surface area contributed by atoms with Gasteiger partial charge >= 0.3 is 0 Å². The number of carbonyl (C=O) groups is 2. The van der Waals surface area contributed by atoms with Crippen LogP contribution in [0.3, 0.4) is 0 Å². The van der Waals surface area contributed by atoms with Crippen LogP contribution in [0.15, 0.2) is 22.7 Å². The number of benzene rings is 1.